The Kier molecular flexibility index (Phi) is 6.57. The molecule has 3 heterocycles. The van der Waals surface area contributed by atoms with Gasteiger partial charge in [0.05, 0.1) is 22.7 Å². The average Bonchev–Trinajstić information content (AvgIpc) is 3.39. The summed E-state index contributed by atoms with van der Waals surface area (Å²) in [4.78, 5) is 36.7. The van der Waals surface area contributed by atoms with Crippen LogP contribution in [0.4, 0.5) is 15.9 Å². The zero-order valence-corrected chi connectivity index (χ0v) is 20.0. The van der Waals surface area contributed by atoms with E-state index in [1.165, 1.54) is 23.5 Å². The minimum Gasteiger partial charge on any atom is -0.403 e. The summed E-state index contributed by atoms with van der Waals surface area (Å²) in [5.74, 6) is 3.84. The van der Waals surface area contributed by atoms with Crippen molar-refractivity contribution in [3.8, 4) is 11.1 Å². The van der Waals surface area contributed by atoms with Gasteiger partial charge in [0.25, 0.3) is 11.7 Å². The number of pyridine rings is 1. The SMILES string of the molecule is N/C=C\N(N)c1ncc(F)c2c(C(=O)C(=O)N3CCN(c4cccc(-c5ccccc5)c4)CC3)c[nH]c12. The summed E-state index contributed by atoms with van der Waals surface area (Å²) in [7, 11) is 0. The molecule has 0 atom stereocenters. The number of carbonyl (C=O) groups is 2. The number of piperazine rings is 1. The molecule has 0 unspecified atom stereocenters. The Balaban J connectivity index is 1.31. The molecule has 1 amide bonds. The van der Waals surface area contributed by atoms with Crippen LogP contribution < -0.4 is 21.5 Å². The number of hydrogen-bond donors (Lipinski definition) is 3. The molecular weight excluding hydrogens is 473 g/mol. The van der Waals surface area contributed by atoms with Gasteiger partial charge in [-0.1, -0.05) is 42.5 Å². The van der Waals surface area contributed by atoms with Crippen molar-refractivity contribution in [3.63, 3.8) is 0 Å². The average molecular weight is 500 g/mol. The van der Waals surface area contributed by atoms with Crippen LogP contribution in [-0.2, 0) is 4.79 Å². The van der Waals surface area contributed by atoms with Crippen molar-refractivity contribution in [1.82, 2.24) is 14.9 Å². The Morgan fingerprint density at radius 3 is 2.49 bits per heavy atom. The van der Waals surface area contributed by atoms with Gasteiger partial charge < -0.3 is 20.5 Å². The van der Waals surface area contributed by atoms with Crippen molar-refractivity contribution in [1.29, 1.82) is 0 Å². The van der Waals surface area contributed by atoms with E-state index in [4.69, 9.17) is 11.6 Å². The van der Waals surface area contributed by atoms with Crippen LogP contribution >= 0.6 is 0 Å². The number of Topliss-reactive ketones (excluding diaryl/α,β-unsaturated/α-hetero) is 1. The molecule has 1 fully saturated rings. The van der Waals surface area contributed by atoms with Crippen LogP contribution in [-0.4, -0.2) is 52.7 Å². The largest absolute Gasteiger partial charge is 0.403 e. The number of aromatic amines is 1. The zero-order valence-electron chi connectivity index (χ0n) is 20.0. The molecule has 2 aromatic heterocycles. The summed E-state index contributed by atoms with van der Waals surface area (Å²) < 4.78 is 14.7. The molecular formula is C27H26FN7O2. The highest BCUT2D eigenvalue weighted by Gasteiger charge is 2.30. The predicted molar refractivity (Wildman–Crippen MR) is 141 cm³/mol. The van der Waals surface area contributed by atoms with Crippen molar-refractivity contribution in [2.75, 3.05) is 36.1 Å². The molecule has 188 valence electrons. The van der Waals surface area contributed by atoms with E-state index in [2.05, 4.69) is 39.1 Å². The molecule has 0 aliphatic carbocycles. The van der Waals surface area contributed by atoms with Crippen LogP contribution in [0.25, 0.3) is 22.0 Å². The third-order valence-corrected chi connectivity index (χ3v) is 6.46. The van der Waals surface area contributed by atoms with E-state index in [0.29, 0.717) is 26.2 Å². The predicted octanol–water partition coefficient (Wildman–Crippen LogP) is 3.01. The summed E-state index contributed by atoms with van der Waals surface area (Å²) in [5.41, 5.74) is 8.80. The molecule has 0 radical (unpaired) electrons. The molecule has 37 heavy (non-hydrogen) atoms. The lowest BCUT2D eigenvalue weighted by Gasteiger charge is -2.36. The monoisotopic (exact) mass is 499 g/mol. The van der Waals surface area contributed by atoms with E-state index in [1.807, 2.05) is 30.3 Å². The maximum atomic E-state index is 14.7. The minimum atomic E-state index is -0.792. The third-order valence-electron chi connectivity index (χ3n) is 6.46. The first-order valence-corrected chi connectivity index (χ1v) is 11.8. The molecule has 5 rings (SSSR count). The number of anilines is 2. The first-order valence-electron chi connectivity index (χ1n) is 11.8. The van der Waals surface area contributed by atoms with E-state index in [-0.39, 0.29) is 22.3 Å². The van der Waals surface area contributed by atoms with Crippen molar-refractivity contribution < 1.29 is 14.0 Å². The van der Waals surface area contributed by atoms with Crippen LogP contribution in [0.2, 0.25) is 0 Å². The zero-order chi connectivity index (χ0) is 25.9. The number of rotatable bonds is 6. The number of nitrogens with two attached hydrogens (primary N) is 2. The fraction of sp³-hybridized carbons (Fsp3) is 0.148. The lowest BCUT2D eigenvalue weighted by molar-refractivity contribution is -0.126. The number of ketones is 1. The van der Waals surface area contributed by atoms with Gasteiger partial charge in [-0.25, -0.2) is 15.2 Å². The molecule has 9 nitrogen and oxygen atoms in total. The number of carbonyl (C=O) groups excluding carboxylic acids is 2. The van der Waals surface area contributed by atoms with Gasteiger partial charge in [-0.3, -0.25) is 14.6 Å². The first-order chi connectivity index (χ1) is 18.0. The number of fused-ring (bicyclic) bond motifs is 1. The minimum absolute atomic E-state index is 0.0411. The Bertz CT molecular complexity index is 1480. The highest BCUT2D eigenvalue weighted by atomic mass is 19.1. The highest BCUT2D eigenvalue weighted by Crippen LogP contribution is 2.29. The number of halogens is 1. The van der Waals surface area contributed by atoms with Gasteiger partial charge in [0, 0.05) is 50.5 Å². The topological polar surface area (TPSA) is 125 Å². The molecule has 1 aliphatic heterocycles. The molecule has 0 saturated carbocycles. The summed E-state index contributed by atoms with van der Waals surface area (Å²) in [5, 5.41) is 1.06. The molecule has 5 N–H and O–H groups in total. The molecule has 1 aliphatic rings. The molecule has 4 aromatic rings. The number of aromatic nitrogens is 2. The lowest BCUT2D eigenvalue weighted by atomic mass is 10.0. The van der Waals surface area contributed by atoms with E-state index in [9.17, 15) is 14.0 Å². The van der Waals surface area contributed by atoms with Crippen LogP contribution in [0.15, 0.2) is 79.4 Å². The molecule has 0 bridgehead atoms. The highest BCUT2D eigenvalue weighted by molar-refractivity contribution is 6.45. The molecule has 10 heteroatoms. The van der Waals surface area contributed by atoms with E-state index >= 15 is 0 Å². The van der Waals surface area contributed by atoms with E-state index in [0.717, 1.165) is 28.0 Å². The maximum absolute atomic E-state index is 14.7. The number of nitrogens with one attached hydrogen (secondary N) is 1. The van der Waals surface area contributed by atoms with Gasteiger partial charge in [-0.15, -0.1) is 0 Å². The first kappa shape index (κ1) is 24.0. The Hall–Kier alpha value is -4.70. The van der Waals surface area contributed by atoms with E-state index < -0.39 is 17.5 Å². The van der Waals surface area contributed by atoms with Crippen LogP contribution in [0.5, 0.6) is 0 Å². The van der Waals surface area contributed by atoms with E-state index in [1.54, 1.807) is 0 Å². The molecule has 1 saturated heterocycles. The Morgan fingerprint density at radius 2 is 1.76 bits per heavy atom. The van der Waals surface area contributed by atoms with Crippen LogP contribution in [0.3, 0.4) is 0 Å². The number of benzene rings is 2. The lowest BCUT2D eigenvalue weighted by Crippen LogP contribution is -2.50. The number of hydrogen-bond acceptors (Lipinski definition) is 7. The normalized spacial score (nSPS) is 13.9. The summed E-state index contributed by atoms with van der Waals surface area (Å²) >= 11 is 0. The molecule has 2 aromatic carbocycles. The van der Waals surface area contributed by atoms with Gasteiger partial charge >= 0.3 is 0 Å². The molecule has 0 spiro atoms. The van der Waals surface area contributed by atoms with Gasteiger partial charge in [0.1, 0.15) is 0 Å². The fourth-order valence-electron chi connectivity index (χ4n) is 4.57. The van der Waals surface area contributed by atoms with Crippen molar-refractivity contribution >= 4 is 34.1 Å². The van der Waals surface area contributed by atoms with Gasteiger partial charge in [0.15, 0.2) is 11.6 Å². The smallest absolute Gasteiger partial charge is 0.295 e. The van der Waals surface area contributed by atoms with Crippen molar-refractivity contribution in [2.24, 2.45) is 11.6 Å². The second-order valence-electron chi connectivity index (χ2n) is 8.66. The number of amides is 1. The van der Waals surface area contributed by atoms with Crippen molar-refractivity contribution in [2.45, 2.75) is 0 Å². The quantitative estimate of drug-likeness (QED) is 0.161. The third kappa shape index (κ3) is 4.62. The van der Waals surface area contributed by atoms with Gasteiger partial charge in [-0.2, -0.15) is 0 Å². The fourth-order valence-corrected chi connectivity index (χ4v) is 4.57. The van der Waals surface area contributed by atoms with Crippen LogP contribution in [0, 0.1) is 5.82 Å². The summed E-state index contributed by atoms with van der Waals surface area (Å²) in [6, 6.07) is 18.4. The van der Waals surface area contributed by atoms with Crippen LogP contribution in [0.1, 0.15) is 10.4 Å². The number of nitrogens with zero attached hydrogens (tertiary/aromatic N) is 4. The second kappa shape index (κ2) is 10.1. The van der Waals surface area contributed by atoms with Crippen molar-refractivity contribution in [3.05, 3.63) is 90.8 Å². The summed E-state index contributed by atoms with van der Waals surface area (Å²) in [6.07, 6.45) is 4.80. The summed E-state index contributed by atoms with van der Waals surface area (Å²) in [6.45, 7) is 1.88. The maximum Gasteiger partial charge on any atom is 0.295 e. The number of hydrazine groups is 1. The Labute approximate surface area is 212 Å². The second-order valence-corrected chi connectivity index (χ2v) is 8.66. The Morgan fingerprint density at radius 1 is 1.03 bits per heavy atom. The van der Waals surface area contributed by atoms with Gasteiger partial charge in [-0.05, 0) is 23.3 Å². The van der Waals surface area contributed by atoms with Gasteiger partial charge in [0.2, 0.25) is 0 Å². The number of H-pyrrole nitrogens is 1. The standard InChI is InChI=1S/C27H26FN7O2/c28-22-17-32-26(35(30)10-9-29)24-23(22)21(16-31-24)25(36)27(37)34-13-11-33(12-14-34)20-8-4-7-19(15-20)18-5-2-1-3-6-18/h1-10,15-17,31H,11-14,29-30H2/b10-9-.